The number of amides is 2. The van der Waals surface area contributed by atoms with Crippen LogP contribution in [-0.2, 0) is 40.5 Å². The molecule has 0 bridgehead atoms. The Hall–Kier alpha value is -3.84. The third-order valence-electron chi connectivity index (χ3n) is 6.17. The van der Waals surface area contributed by atoms with Gasteiger partial charge in [0.15, 0.2) is 0 Å². The lowest BCUT2D eigenvalue weighted by atomic mass is 10.0. The van der Waals surface area contributed by atoms with Crippen molar-refractivity contribution in [3.8, 4) is 11.1 Å². The van der Waals surface area contributed by atoms with E-state index in [1.807, 2.05) is 72.8 Å². The van der Waals surface area contributed by atoms with Crippen LogP contribution >= 0.6 is 11.8 Å². The Kier molecular flexibility index (Phi) is 7.47. The van der Waals surface area contributed by atoms with E-state index in [9.17, 15) is 9.59 Å². The molecule has 0 saturated heterocycles. The van der Waals surface area contributed by atoms with Crippen molar-refractivity contribution >= 4 is 29.4 Å². The van der Waals surface area contributed by atoms with Gasteiger partial charge in [0.1, 0.15) is 12.4 Å². The number of nitrogens with zero attached hydrogens (tertiary/aromatic N) is 2. The maximum Gasteiger partial charge on any atom is 0.241 e. The summed E-state index contributed by atoms with van der Waals surface area (Å²) in [5.41, 5.74) is 6.34. The third-order valence-corrected chi connectivity index (χ3v) is 7.14. The van der Waals surface area contributed by atoms with E-state index in [4.69, 9.17) is 0 Å². The van der Waals surface area contributed by atoms with E-state index in [0.717, 1.165) is 45.9 Å². The van der Waals surface area contributed by atoms with E-state index in [-0.39, 0.29) is 24.8 Å². The number of aromatic nitrogens is 2. The van der Waals surface area contributed by atoms with Crippen LogP contribution in [0.15, 0.2) is 84.9 Å². The van der Waals surface area contributed by atoms with Crippen molar-refractivity contribution in [1.29, 1.82) is 0 Å². The summed E-state index contributed by atoms with van der Waals surface area (Å²) in [7, 11) is 0. The van der Waals surface area contributed by atoms with Crippen LogP contribution in [0.5, 0.6) is 0 Å². The number of hydrogen-bond acceptors (Lipinski definition) is 4. The average Bonchev–Trinajstić information content (AvgIpc) is 3.48. The summed E-state index contributed by atoms with van der Waals surface area (Å²) in [6.07, 6.45) is 1.02. The van der Waals surface area contributed by atoms with Gasteiger partial charge in [-0.3, -0.25) is 9.59 Å². The van der Waals surface area contributed by atoms with Gasteiger partial charge in [-0.2, -0.15) is 16.9 Å². The topological polar surface area (TPSA) is 76.0 Å². The van der Waals surface area contributed by atoms with Gasteiger partial charge in [0.05, 0.1) is 12.1 Å². The molecule has 182 valence electrons. The molecule has 6 nitrogen and oxygen atoms in total. The van der Waals surface area contributed by atoms with Crippen LogP contribution in [0.1, 0.15) is 22.4 Å². The average molecular weight is 497 g/mol. The van der Waals surface area contributed by atoms with Crippen molar-refractivity contribution in [3.63, 3.8) is 0 Å². The molecule has 2 heterocycles. The Labute approximate surface area is 215 Å². The maximum atomic E-state index is 12.9. The number of anilines is 1. The normalized spacial score (nSPS) is 12.2. The smallest absolute Gasteiger partial charge is 0.241 e. The van der Waals surface area contributed by atoms with Crippen LogP contribution in [0.4, 0.5) is 5.82 Å². The fraction of sp³-hybridized carbons (Fsp3) is 0.207. The number of nitrogens with one attached hydrogen (secondary N) is 2. The van der Waals surface area contributed by atoms with Gasteiger partial charge in [-0.25, -0.2) is 4.68 Å². The summed E-state index contributed by atoms with van der Waals surface area (Å²) in [6.45, 7) is 0.633. The second-order valence-corrected chi connectivity index (χ2v) is 9.78. The van der Waals surface area contributed by atoms with Crippen molar-refractivity contribution in [2.75, 3.05) is 11.9 Å². The molecule has 36 heavy (non-hydrogen) atoms. The maximum absolute atomic E-state index is 12.9. The molecule has 0 atom stereocenters. The minimum atomic E-state index is -0.119. The third kappa shape index (κ3) is 5.86. The van der Waals surface area contributed by atoms with Crippen molar-refractivity contribution in [3.05, 3.63) is 107 Å². The second-order valence-electron chi connectivity index (χ2n) is 8.80. The summed E-state index contributed by atoms with van der Waals surface area (Å²) < 4.78 is 1.64. The van der Waals surface area contributed by atoms with E-state index in [2.05, 4.69) is 27.9 Å². The lowest BCUT2D eigenvalue weighted by molar-refractivity contribution is -0.122. The standard InChI is InChI=1S/C29H28N4O2S/c34-27(17-22-11-13-24(14-12-22)23-9-5-2-6-10-23)31-29-25-19-36-20-26(25)32-33(29)18-28(35)30-16-15-21-7-3-1-4-8-21/h1-14H,15-20H2,(H,30,35)(H,31,34). The minimum Gasteiger partial charge on any atom is -0.354 e. The number of thioether (sulfide) groups is 1. The Morgan fingerprint density at radius 1 is 0.806 bits per heavy atom. The fourth-order valence-electron chi connectivity index (χ4n) is 4.31. The van der Waals surface area contributed by atoms with E-state index < -0.39 is 0 Å². The van der Waals surface area contributed by atoms with Gasteiger partial charge in [-0.15, -0.1) is 0 Å². The summed E-state index contributed by atoms with van der Waals surface area (Å²) in [4.78, 5) is 25.6. The minimum absolute atomic E-state index is 0.0772. The monoisotopic (exact) mass is 496 g/mol. The van der Waals surface area contributed by atoms with Crippen molar-refractivity contribution < 1.29 is 9.59 Å². The number of benzene rings is 3. The Morgan fingerprint density at radius 3 is 2.25 bits per heavy atom. The predicted octanol–water partition coefficient (Wildman–Crippen LogP) is 4.84. The number of carbonyl (C=O) groups excluding carboxylic acids is 2. The van der Waals surface area contributed by atoms with Crippen LogP contribution in [0.2, 0.25) is 0 Å². The highest BCUT2D eigenvalue weighted by atomic mass is 32.2. The number of rotatable bonds is 9. The molecule has 2 N–H and O–H groups in total. The lowest BCUT2D eigenvalue weighted by Gasteiger charge is -2.12. The molecule has 2 amide bonds. The van der Waals surface area contributed by atoms with Gasteiger partial charge in [0, 0.05) is 23.6 Å². The SMILES string of the molecule is O=C(Cn1nc2c(c1NC(=O)Cc1ccc(-c3ccccc3)cc1)CSC2)NCCc1ccccc1. The van der Waals surface area contributed by atoms with Gasteiger partial charge >= 0.3 is 0 Å². The first-order valence-electron chi connectivity index (χ1n) is 12.1. The summed E-state index contributed by atoms with van der Waals surface area (Å²) in [5, 5.41) is 10.6. The molecule has 3 aromatic carbocycles. The van der Waals surface area contributed by atoms with Crippen molar-refractivity contribution in [2.24, 2.45) is 0 Å². The second kappa shape index (κ2) is 11.3. The summed E-state index contributed by atoms with van der Waals surface area (Å²) in [5.74, 6) is 1.98. The van der Waals surface area contributed by atoms with Crippen molar-refractivity contribution in [1.82, 2.24) is 15.1 Å². The molecular formula is C29H28N4O2S. The molecule has 0 radical (unpaired) electrons. The molecule has 0 spiro atoms. The van der Waals surface area contributed by atoms with Gasteiger partial charge in [0.2, 0.25) is 11.8 Å². The largest absolute Gasteiger partial charge is 0.354 e. The number of fused-ring (bicyclic) bond motifs is 1. The van der Waals surface area contributed by atoms with E-state index in [1.165, 1.54) is 5.56 Å². The van der Waals surface area contributed by atoms with Crippen LogP contribution in [-0.4, -0.2) is 28.1 Å². The summed E-state index contributed by atoms with van der Waals surface area (Å²) in [6, 6.07) is 28.3. The molecule has 7 heteroatoms. The zero-order valence-corrected chi connectivity index (χ0v) is 20.8. The fourth-order valence-corrected chi connectivity index (χ4v) is 5.35. The zero-order valence-electron chi connectivity index (χ0n) is 19.9. The zero-order chi connectivity index (χ0) is 24.7. The van der Waals surface area contributed by atoms with Crippen LogP contribution < -0.4 is 10.6 Å². The Morgan fingerprint density at radius 2 is 1.50 bits per heavy atom. The quantitative estimate of drug-likeness (QED) is 0.348. The molecule has 1 aliphatic heterocycles. The molecular weight excluding hydrogens is 468 g/mol. The molecule has 5 rings (SSSR count). The van der Waals surface area contributed by atoms with E-state index in [1.54, 1.807) is 16.4 Å². The highest BCUT2D eigenvalue weighted by Crippen LogP contribution is 2.34. The van der Waals surface area contributed by atoms with Crippen LogP contribution in [0.3, 0.4) is 0 Å². The van der Waals surface area contributed by atoms with Crippen LogP contribution in [0, 0.1) is 0 Å². The van der Waals surface area contributed by atoms with Crippen LogP contribution in [0.25, 0.3) is 11.1 Å². The summed E-state index contributed by atoms with van der Waals surface area (Å²) >= 11 is 1.77. The number of hydrogen-bond donors (Lipinski definition) is 2. The highest BCUT2D eigenvalue weighted by molar-refractivity contribution is 7.98. The molecule has 1 aliphatic rings. The first-order valence-corrected chi connectivity index (χ1v) is 13.2. The van der Waals surface area contributed by atoms with Gasteiger partial charge < -0.3 is 10.6 Å². The van der Waals surface area contributed by atoms with Gasteiger partial charge in [-0.1, -0.05) is 84.9 Å². The van der Waals surface area contributed by atoms with E-state index >= 15 is 0 Å². The Bertz CT molecular complexity index is 1340. The molecule has 1 aromatic heterocycles. The Balaban J connectivity index is 1.20. The molecule has 0 aliphatic carbocycles. The van der Waals surface area contributed by atoms with E-state index in [0.29, 0.717) is 12.4 Å². The predicted molar refractivity (Wildman–Crippen MR) is 145 cm³/mol. The van der Waals surface area contributed by atoms with Gasteiger partial charge in [-0.05, 0) is 28.7 Å². The first-order chi connectivity index (χ1) is 17.7. The number of carbonyl (C=O) groups is 2. The molecule has 0 saturated carbocycles. The molecule has 0 fully saturated rings. The lowest BCUT2D eigenvalue weighted by Crippen LogP contribution is -2.30. The molecule has 0 unspecified atom stereocenters. The van der Waals surface area contributed by atoms with Gasteiger partial charge in [0.25, 0.3) is 0 Å². The first kappa shape index (κ1) is 23.9. The highest BCUT2D eigenvalue weighted by Gasteiger charge is 2.25. The van der Waals surface area contributed by atoms with Crippen molar-refractivity contribution in [2.45, 2.75) is 30.9 Å². The molecule has 4 aromatic rings.